The van der Waals surface area contributed by atoms with Crippen LogP contribution >= 0.6 is 0 Å². The zero-order chi connectivity index (χ0) is 12.3. The van der Waals surface area contributed by atoms with Crippen LogP contribution in [0.1, 0.15) is 19.4 Å². The molecule has 0 amide bonds. The molecular weight excluding hydrogens is 208 g/mol. The van der Waals surface area contributed by atoms with Gasteiger partial charge in [-0.05, 0) is 25.5 Å². The molecule has 2 heteroatoms. The van der Waals surface area contributed by atoms with Crippen molar-refractivity contribution in [2.24, 2.45) is 0 Å². The van der Waals surface area contributed by atoms with Crippen molar-refractivity contribution in [2.45, 2.75) is 25.9 Å². The Hall–Kier alpha value is -1.85. The molecular formula is C15H16N2. The Kier molecular flexibility index (Phi) is 3.12. The predicted molar refractivity (Wildman–Crippen MR) is 71.5 cm³/mol. The van der Waals surface area contributed by atoms with Gasteiger partial charge in [0.15, 0.2) is 0 Å². The molecule has 0 saturated heterocycles. The molecule has 0 fully saturated rings. The van der Waals surface area contributed by atoms with E-state index in [-0.39, 0.29) is 5.54 Å². The minimum Gasteiger partial charge on any atom is -0.297 e. The van der Waals surface area contributed by atoms with Gasteiger partial charge in [0.25, 0.3) is 0 Å². The molecule has 2 aromatic rings. The second-order valence-corrected chi connectivity index (χ2v) is 4.62. The number of fused-ring (bicyclic) bond motifs is 1. The number of benzene rings is 1. The molecule has 0 unspecified atom stereocenters. The van der Waals surface area contributed by atoms with Gasteiger partial charge in [-0.2, -0.15) is 0 Å². The lowest BCUT2D eigenvalue weighted by Crippen LogP contribution is -2.36. The third kappa shape index (κ3) is 2.64. The van der Waals surface area contributed by atoms with Crippen LogP contribution in [0, 0.1) is 12.3 Å². The number of para-hydroxylation sites is 1. The van der Waals surface area contributed by atoms with Gasteiger partial charge >= 0.3 is 0 Å². The van der Waals surface area contributed by atoms with E-state index in [1.54, 1.807) is 0 Å². The maximum Gasteiger partial charge on any atom is 0.0746 e. The van der Waals surface area contributed by atoms with Crippen LogP contribution in [0.3, 0.4) is 0 Å². The van der Waals surface area contributed by atoms with E-state index in [4.69, 9.17) is 6.42 Å². The van der Waals surface area contributed by atoms with Gasteiger partial charge in [-0.1, -0.05) is 30.2 Å². The summed E-state index contributed by atoms with van der Waals surface area (Å²) in [5.41, 5.74) is 1.92. The molecule has 0 aliphatic rings. The Morgan fingerprint density at radius 2 is 2.06 bits per heavy atom. The van der Waals surface area contributed by atoms with Gasteiger partial charge in [-0.15, -0.1) is 6.42 Å². The van der Waals surface area contributed by atoms with E-state index in [2.05, 4.69) is 34.4 Å². The van der Waals surface area contributed by atoms with Gasteiger partial charge in [0, 0.05) is 18.1 Å². The molecule has 2 rings (SSSR count). The number of nitrogens with zero attached hydrogens (tertiary/aromatic N) is 1. The first-order chi connectivity index (χ1) is 8.12. The van der Waals surface area contributed by atoms with Crippen LogP contribution in [-0.2, 0) is 6.54 Å². The fourth-order valence-corrected chi connectivity index (χ4v) is 1.68. The second-order valence-electron chi connectivity index (χ2n) is 4.62. The van der Waals surface area contributed by atoms with E-state index in [0.717, 1.165) is 17.4 Å². The minimum atomic E-state index is -0.295. The number of nitrogens with one attached hydrogen (secondary N) is 1. The van der Waals surface area contributed by atoms with Gasteiger partial charge < -0.3 is 0 Å². The third-order valence-electron chi connectivity index (χ3n) is 2.80. The standard InChI is InChI=1S/C15H16N2/c1-4-15(2,3)17-11-13-8-5-7-12-9-6-10-16-14(12)13/h1,5-10,17H,11H2,2-3H3. The Labute approximate surface area is 102 Å². The number of hydrogen-bond acceptors (Lipinski definition) is 2. The van der Waals surface area contributed by atoms with Crippen molar-refractivity contribution in [3.63, 3.8) is 0 Å². The lowest BCUT2D eigenvalue weighted by molar-refractivity contribution is 0.492. The highest BCUT2D eigenvalue weighted by atomic mass is 14.9. The Balaban J connectivity index is 2.28. The van der Waals surface area contributed by atoms with Crippen LogP contribution in [-0.4, -0.2) is 10.5 Å². The maximum atomic E-state index is 5.45. The molecule has 1 aromatic heterocycles. The summed E-state index contributed by atoms with van der Waals surface area (Å²) >= 11 is 0. The fraction of sp³-hybridized carbons (Fsp3) is 0.267. The molecule has 0 saturated carbocycles. The molecule has 17 heavy (non-hydrogen) atoms. The largest absolute Gasteiger partial charge is 0.297 e. The van der Waals surface area contributed by atoms with Crippen molar-refractivity contribution in [3.05, 3.63) is 42.1 Å². The summed E-state index contributed by atoms with van der Waals surface area (Å²) in [5.74, 6) is 2.73. The van der Waals surface area contributed by atoms with Crippen LogP contribution in [0.25, 0.3) is 10.9 Å². The van der Waals surface area contributed by atoms with Gasteiger partial charge in [-0.25, -0.2) is 0 Å². The molecule has 0 radical (unpaired) electrons. The lowest BCUT2D eigenvalue weighted by atomic mass is 10.1. The van der Waals surface area contributed by atoms with E-state index in [1.165, 1.54) is 5.56 Å². The van der Waals surface area contributed by atoms with E-state index in [1.807, 2.05) is 32.2 Å². The zero-order valence-corrected chi connectivity index (χ0v) is 10.2. The van der Waals surface area contributed by atoms with Crippen LogP contribution in [0.15, 0.2) is 36.5 Å². The SMILES string of the molecule is C#CC(C)(C)NCc1cccc2cccnc12. The average Bonchev–Trinajstić information content (AvgIpc) is 2.36. The summed E-state index contributed by atoms with van der Waals surface area (Å²) < 4.78 is 0. The molecule has 0 aliphatic heterocycles. The summed E-state index contributed by atoms with van der Waals surface area (Å²) in [7, 11) is 0. The third-order valence-corrected chi connectivity index (χ3v) is 2.80. The first kappa shape index (κ1) is 11.6. The predicted octanol–water partition coefficient (Wildman–Crippen LogP) is 2.74. The average molecular weight is 224 g/mol. The Bertz CT molecular complexity index is 559. The van der Waals surface area contributed by atoms with E-state index in [9.17, 15) is 0 Å². The number of pyridine rings is 1. The van der Waals surface area contributed by atoms with Crippen molar-refractivity contribution in [2.75, 3.05) is 0 Å². The van der Waals surface area contributed by atoms with Crippen molar-refractivity contribution in [3.8, 4) is 12.3 Å². The van der Waals surface area contributed by atoms with Crippen molar-refractivity contribution in [1.82, 2.24) is 10.3 Å². The smallest absolute Gasteiger partial charge is 0.0746 e. The van der Waals surface area contributed by atoms with Gasteiger partial charge in [-0.3, -0.25) is 10.3 Å². The summed E-state index contributed by atoms with van der Waals surface area (Å²) in [6.07, 6.45) is 7.27. The van der Waals surface area contributed by atoms with Gasteiger partial charge in [0.05, 0.1) is 11.1 Å². The molecule has 1 N–H and O–H groups in total. The summed E-state index contributed by atoms with van der Waals surface area (Å²) in [4.78, 5) is 4.42. The number of aromatic nitrogens is 1. The quantitative estimate of drug-likeness (QED) is 0.811. The lowest BCUT2D eigenvalue weighted by Gasteiger charge is -2.19. The maximum absolute atomic E-state index is 5.45. The summed E-state index contributed by atoms with van der Waals surface area (Å²) in [6.45, 7) is 4.71. The number of hydrogen-bond donors (Lipinski definition) is 1. The second kappa shape index (κ2) is 4.57. The highest BCUT2D eigenvalue weighted by Gasteiger charge is 2.13. The van der Waals surface area contributed by atoms with E-state index < -0.39 is 0 Å². The van der Waals surface area contributed by atoms with E-state index in [0.29, 0.717) is 0 Å². The van der Waals surface area contributed by atoms with Gasteiger partial charge in [0.1, 0.15) is 0 Å². The molecule has 86 valence electrons. The normalized spacial score (nSPS) is 11.4. The molecule has 2 nitrogen and oxygen atoms in total. The first-order valence-electron chi connectivity index (χ1n) is 5.68. The monoisotopic (exact) mass is 224 g/mol. The fourth-order valence-electron chi connectivity index (χ4n) is 1.68. The molecule has 0 aliphatic carbocycles. The summed E-state index contributed by atoms with van der Waals surface area (Å²) in [5, 5.41) is 4.50. The molecule has 0 spiro atoms. The van der Waals surface area contributed by atoms with Crippen molar-refractivity contribution in [1.29, 1.82) is 0 Å². The zero-order valence-electron chi connectivity index (χ0n) is 10.2. The Morgan fingerprint density at radius 1 is 1.29 bits per heavy atom. The van der Waals surface area contributed by atoms with Crippen molar-refractivity contribution < 1.29 is 0 Å². The van der Waals surface area contributed by atoms with Crippen LogP contribution < -0.4 is 5.32 Å². The van der Waals surface area contributed by atoms with Crippen LogP contribution in [0.2, 0.25) is 0 Å². The van der Waals surface area contributed by atoms with Gasteiger partial charge in [0.2, 0.25) is 0 Å². The highest BCUT2D eigenvalue weighted by molar-refractivity contribution is 5.81. The molecule has 1 heterocycles. The molecule has 1 aromatic carbocycles. The topological polar surface area (TPSA) is 24.9 Å². The molecule has 0 bridgehead atoms. The molecule has 0 atom stereocenters. The van der Waals surface area contributed by atoms with E-state index >= 15 is 0 Å². The van der Waals surface area contributed by atoms with Crippen LogP contribution in [0.5, 0.6) is 0 Å². The van der Waals surface area contributed by atoms with Crippen molar-refractivity contribution >= 4 is 10.9 Å². The first-order valence-corrected chi connectivity index (χ1v) is 5.68. The Morgan fingerprint density at radius 3 is 2.82 bits per heavy atom. The number of terminal acetylenes is 1. The summed E-state index contributed by atoms with van der Waals surface area (Å²) in [6, 6.07) is 10.2. The van der Waals surface area contributed by atoms with Crippen LogP contribution in [0.4, 0.5) is 0 Å². The highest BCUT2D eigenvalue weighted by Crippen LogP contribution is 2.16. The number of rotatable bonds is 3. The minimum absolute atomic E-state index is 0.295.